The van der Waals surface area contributed by atoms with E-state index in [9.17, 15) is 10.2 Å². The number of furan rings is 1. The Kier molecular flexibility index (Phi) is 4.47. The third-order valence-electron chi connectivity index (χ3n) is 1.81. The van der Waals surface area contributed by atoms with Crippen LogP contribution in [0.15, 0.2) is 16.5 Å². The van der Waals surface area contributed by atoms with Gasteiger partial charge in [0.2, 0.25) is 0 Å². The summed E-state index contributed by atoms with van der Waals surface area (Å²) in [5.74, 6) is 1.13. The van der Waals surface area contributed by atoms with Gasteiger partial charge in [-0.3, -0.25) is 0 Å². The first-order valence-corrected chi connectivity index (χ1v) is 4.86. The molecule has 2 N–H and O–H groups in total. The van der Waals surface area contributed by atoms with Crippen LogP contribution in [0, 0.1) is 0 Å². The van der Waals surface area contributed by atoms with E-state index in [2.05, 4.69) is 12.6 Å². The largest absolute Gasteiger partial charge is 0.461 e. The minimum Gasteiger partial charge on any atom is -0.461 e. The minimum absolute atomic E-state index is 0.182. The lowest BCUT2D eigenvalue weighted by molar-refractivity contribution is 0.0179. The zero-order valence-electron chi connectivity index (χ0n) is 7.88. The van der Waals surface area contributed by atoms with Gasteiger partial charge in [-0.1, -0.05) is 0 Å². The van der Waals surface area contributed by atoms with E-state index in [-0.39, 0.29) is 5.75 Å². The van der Waals surface area contributed by atoms with Gasteiger partial charge < -0.3 is 19.4 Å². The number of aliphatic hydroxyl groups excluding tert-OH is 2. The van der Waals surface area contributed by atoms with Gasteiger partial charge in [-0.15, -0.1) is 0 Å². The van der Waals surface area contributed by atoms with E-state index in [1.54, 1.807) is 19.2 Å². The van der Waals surface area contributed by atoms with Gasteiger partial charge in [-0.25, -0.2) is 0 Å². The van der Waals surface area contributed by atoms with Gasteiger partial charge >= 0.3 is 0 Å². The zero-order valence-corrected chi connectivity index (χ0v) is 8.78. The van der Waals surface area contributed by atoms with Gasteiger partial charge in [0.15, 0.2) is 0 Å². The summed E-state index contributed by atoms with van der Waals surface area (Å²) in [6.07, 6.45) is -1.95. The van der Waals surface area contributed by atoms with Crippen LogP contribution in [0.25, 0.3) is 0 Å². The monoisotopic (exact) mass is 218 g/mol. The van der Waals surface area contributed by atoms with Crippen LogP contribution < -0.4 is 0 Å². The zero-order chi connectivity index (χ0) is 10.6. The standard InChI is InChI=1S/C9H14O4S/c1-12-4-6-2-3-8(13-6)9(11)7(10)5-14/h2-3,7,9-11,14H,4-5H2,1H3. The molecule has 0 aliphatic rings. The van der Waals surface area contributed by atoms with Crippen molar-refractivity contribution in [3.8, 4) is 0 Å². The van der Waals surface area contributed by atoms with Crippen molar-refractivity contribution >= 4 is 12.6 Å². The summed E-state index contributed by atoms with van der Waals surface area (Å²) in [6, 6.07) is 3.32. The predicted molar refractivity (Wildman–Crippen MR) is 54.2 cm³/mol. The van der Waals surface area contributed by atoms with Gasteiger partial charge in [-0.2, -0.15) is 12.6 Å². The van der Waals surface area contributed by atoms with E-state index in [4.69, 9.17) is 9.15 Å². The highest BCUT2D eigenvalue weighted by molar-refractivity contribution is 7.80. The summed E-state index contributed by atoms with van der Waals surface area (Å²) in [4.78, 5) is 0. The summed E-state index contributed by atoms with van der Waals surface area (Å²) in [5, 5.41) is 18.8. The Bertz CT molecular complexity index is 274. The Balaban J connectivity index is 2.65. The fraction of sp³-hybridized carbons (Fsp3) is 0.556. The van der Waals surface area contributed by atoms with Crippen molar-refractivity contribution in [2.75, 3.05) is 12.9 Å². The van der Waals surface area contributed by atoms with Gasteiger partial charge in [0.25, 0.3) is 0 Å². The van der Waals surface area contributed by atoms with Crippen molar-refractivity contribution in [1.82, 2.24) is 0 Å². The van der Waals surface area contributed by atoms with Gasteiger partial charge in [0.1, 0.15) is 24.2 Å². The van der Waals surface area contributed by atoms with Gasteiger partial charge in [0, 0.05) is 12.9 Å². The van der Waals surface area contributed by atoms with Crippen LogP contribution in [0.5, 0.6) is 0 Å². The lowest BCUT2D eigenvalue weighted by Gasteiger charge is -2.12. The molecule has 2 unspecified atom stereocenters. The summed E-state index contributed by atoms with van der Waals surface area (Å²) < 4.78 is 10.1. The van der Waals surface area contributed by atoms with Crippen molar-refractivity contribution in [1.29, 1.82) is 0 Å². The molecule has 0 aromatic carbocycles. The molecule has 0 saturated carbocycles. The Morgan fingerprint density at radius 1 is 1.50 bits per heavy atom. The van der Waals surface area contributed by atoms with E-state index in [0.29, 0.717) is 18.1 Å². The number of ether oxygens (including phenoxy) is 1. The first kappa shape index (κ1) is 11.6. The van der Waals surface area contributed by atoms with E-state index in [1.807, 2.05) is 0 Å². The molecule has 14 heavy (non-hydrogen) atoms. The molecule has 0 bridgehead atoms. The number of hydrogen-bond donors (Lipinski definition) is 3. The second kappa shape index (κ2) is 5.41. The van der Waals surface area contributed by atoms with Crippen LogP contribution in [-0.4, -0.2) is 29.2 Å². The van der Waals surface area contributed by atoms with Crippen molar-refractivity contribution in [3.63, 3.8) is 0 Å². The van der Waals surface area contributed by atoms with E-state index in [1.165, 1.54) is 0 Å². The highest BCUT2D eigenvalue weighted by Gasteiger charge is 2.20. The Hall–Kier alpha value is -0.490. The number of methoxy groups -OCH3 is 1. The number of hydrogen-bond acceptors (Lipinski definition) is 5. The van der Waals surface area contributed by atoms with Gasteiger partial charge in [-0.05, 0) is 12.1 Å². The summed E-state index contributed by atoms with van der Waals surface area (Å²) in [6.45, 7) is 0.351. The molecule has 0 spiro atoms. The highest BCUT2D eigenvalue weighted by atomic mass is 32.1. The van der Waals surface area contributed by atoms with Gasteiger partial charge in [0.05, 0.1) is 6.10 Å². The normalized spacial score (nSPS) is 15.4. The molecule has 1 aromatic heterocycles. The summed E-state index contributed by atoms with van der Waals surface area (Å²) >= 11 is 3.88. The van der Waals surface area contributed by atoms with Crippen molar-refractivity contribution in [2.45, 2.75) is 18.8 Å². The maximum atomic E-state index is 9.54. The molecule has 1 heterocycles. The second-order valence-corrected chi connectivity index (χ2v) is 3.30. The van der Waals surface area contributed by atoms with Crippen LogP contribution in [0.3, 0.4) is 0 Å². The molecule has 1 rings (SSSR count). The molecule has 1 aromatic rings. The third kappa shape index (κ3) is 2.75. The molecule has 0 aliphatic heterocycles. The molecule has 80 valence electrons. The lowest BCUT2D eigenvalue weighted by atomic mass is 10.2. The van der Waals surface area contributed by atoms with Crippen LogP contribution >= 0.6 is 12.6 Å². The average molecular weight is 218 g/mol. The van der Waals surface area contributed by atoms with Crippen molar-refractivity contribution < 1.29 is 19.4 Å². The average Bonchev–Trinajstić information content (AvgIpc) is 2.64. The highest BCUT2D eigenvalue weighted by Crippen LogP contribution is 2.20. The third-order valence-corrected chi connectivity index (χ3v) is 2.19. The molecule has 2 atom stereocenters. The quantitative estimate of drug-likeness (QED) is 0.638. The molecule has 4 nitrogen and oxygen atoms in total. The fourth-order valence-corrected chi connectivity index (χ4v) is 1.26. The summed E-state index contributed by atoms with van der Waals surface area (Å²) in [7, 11) is 1.56. The predicted octanol–water partition coefficient (Wildman–Crippen LogP) is 0.750. The van der Waals surface area contributed by atoms with E-state index >= 15 is 0 Å². The molecule has 0 radical (unpaired) electrons. The number of thiol groups is 1. The molecule has 5 heteroatoms. The number of aliphatic hydroxyl groups is 2. The van der Waals surface area contributed by atoms with Crippen LogP contribution in [-0.2, 0) is 11.3 Å². The molecule has 0 fully saturated rings. The molecular formula is C9H14O4S. The lowest BCUT2D eigenvalue weighted by Crippen LogP contribution is -2.19. The van der Waals surface area contributed by atoms with Crippen LogP contribution in [0.2, 0.25) is 0 Å². The van der Waals surface area contributed by atoms with E-state index in [0.717, 1.165) is 0 Å². The fourth-order valence-electron chi connectivity index (χ4n) is 1.06. The topological polar surface area (TPSA) is 62.8 Å². The van der Waals surface area contributed by atoms with Crippen LogP contribution in [0.4, 0.5) is 0 Å². The first-order chi connectivity index (χ1) is 6.69. The second-order valence-electron chi connectivity index (χ2n) is 2.93. The Morgan fingerprint density at radius 2 is 2.21 bits per heavy atom. The Labute approximate surface area is 87.9 Å². The number of rotatable bonds is 5. The van der Waals surface area contributed by atoms with Crippen LogP contribution in [0.1, 0.15) is 17.6 Å². The molecule has 0 aliphatic carbocycles. The Morgan fingerprint density at radius 3 is 2.79 bits per heavy atom. The maximum absolute atomic E-state index is 9.54. The minimum atomic E-state index is -1.03. The summed E-state index contributed by atoms with van der Waals surface area (Å²) in [5.41, 5.74) is 0. The molecule has 0 amide bonds. The molecule has 0 saturated heterocycles. The SMILES string of the molecule is COCc1ccc(C(O)C(O)CS)o1. The maximum Gasteiger partial charge on any atom is 0.138 e. The smallest absolute Gasteiger partial charge is 0.138 e. The first-order valence-electron chi connectivity index (χ1n) is 4.23. The molecular weight excluding hydrogens is 204 g/mol. The van der Waals surface area contributed by atoms with E-state index < -0.39 is 12.2 Å². The van der Waals surface area contributed by atoms with Crippen molar-refractivity contribution in [2.24, 2.45) is 0 Å². The van der Waals surface area contributed by atoms with Crippen molar-refractivity contribution in [3.05, 3.63) is 23.7 Å².